The number of para-hydroxylation sites is 1. The van der Waals surface area contributed by atoms with Gasteiger partial charge in [0.25, 0.3) is 0 Å². The fourth-order valence-corrected chi connectivity index (χ4v) is 5.29. The van der Waals surface area contributed by atoms with E-state index in [0.29, 0.717) is 37.5 Å². The molecule has 9 heteroatoms. The predicted octanol–water partition coefficient (Wildman–Crippen LogP) is 3.62. The Kier molecular flexibility index (Phi) is 6.41. The van der Waals surface area contributed by atoms with E-state index in [1.54, 1.807) is 23.0 Å². The zero-order valence-electron chi connectivity index (χ0n) is 16.8. The molecule has 0 aliphatic carbocycles. The van der Waals surface area contributed by atoms with Crippen molar-refractivity contribution >= 4 is 33.2 Å². The molecule has 0 unspecified atom stereocenters. The summed E-state index contributed by atoms with van der Waals surface area (Å²) in [6.45, 7) is 1.16. The second-order valence-corrected chi connectivity index (χ2v) is 9.86. The summed E-state index contributed by atoms with van der Waals surface area (Å²) in [5.41, 5.74) is 1.71. The van der Waals surface area contributed by atoms with E-state index >= 15 is 0 Å². The number of carbonyl (C=O) groups excluding carboxylic acids is 1. The normalized spacial score (nSPS) is 15.6. The topological polar surface area (TPSA) is 84.3 Å². The summed E-state index contributed by atoms with van der Waals surface area (Å²) >= 11 is 5.86. The molecule has 162 valence electrons. The maximum absolute atomic E-state index is 12.9. The van der Waals surface area contributed by atoms with Crippen molar-refractivity contribution in [3.05, 3.63) is 77.6 Å². The minimum absolute atomic E-state index is 0.0866. The van der Waals surface area contributed by atoms with E-state index in [1.165, 1.54) is 16.4 Å². The molecule has 0 spiro atoms. The molecule has 1 N–H and O–H groups in total. The van der Waals surface area contributed by atoms with Crippen molar-refractivity contribution in [3.8, 4) is 0 Å². The van der Waals surface area contributed by atoms with E-state index in [1.807, 2.05) is 36.5 Å². The third-order valence-electron chi connectivity index (χ3n) is 5.44. The fraction of sp³-hybridized carbons (Fsp3) is 0.273. The van der Waals surface area contributed by atoms with Gasteiger partial charge in [-0.05, 0) is 54.8 Å². The molecule has 7 nitrogen and oxygen atoms in total. The van der Waals surface area contributed by atoms with Crippen molar-refractivity contribution in [2.24, 2.45) is 5.92 Å². The van der Waals surface area contributed by atoms with Crippen LogP contribution in [0.1, 0.15) is 18.4 Å². The van der Waals surface area contributed by atoms with Gasteiger partial charge in [-0.2, -0.15) is 9.40 Å². The third-order valence-corrected chi connectivity index (χ3v) is 7.61. The molecule has 2 aromatic carbocycles. The van der Waals surface area contributed by atoms with E-state index in [2.05, 4.69) is 10.4 Å². The Balaban J connectivity index is 1.38. The van der Waals surface area contributed by atoms with Gasteiger partial charge >= 0.3 is 0 Å². The van der Waals surface area contributed by atoms with Crippen LogP contribution in [0.15, 0.2) is 71.9 Å². The van der Waals surface area contributed by atoms with Gasteiger partial charge in [0.2, 0.25) is 15.9 Å². The minimum Gasteiger partial charge on any atom is -0.326 e. The van der Waals surface area contributed by atoms with E-state index < -0.39 is 10.0 Å². The first-order valence-electron chi connectivity index (χ1n) is 10.1. The van der Waals surface area contributed by atoms with Crippen LogP contribution in [0.4, 0.5) is 5.69 Å². The van der Waals surface area contributed by atoms with Crippen molar-refractivity contribution < 1.29 is 13.2 Å². The van der Waals surface area contributed by atoms with Crippen LogP contribution in [-0.2, 0) is 21.4 Å². The molecule has 2 heterocycles. The maximum Gasteiger partial charge on any atom is 0.243 e. The Morgan fingerprint density at radius 3 is 2.45 bits per heavy atom. The lowest BCUT2D eigenvalue weighted by Crippen LogP contribution is -2.41. The molecule has 1 aliphatic rings. The molecule has 1 amide bonds. The number of hydrogen-bond acceptors (Lipinski definition) is 4. The van der Waals surface area contributed by atoms with Crippen LogP contribution in [0.5, 0.6) is 0 Å². The Bertz CT molecular complexity index is 1140. The van der Waals surface area contributed by atoms with Crippen LogP contribution >= 0.6 is 11.6 Å². The third kappa shape index (κ3) is 4.98. The van der Waals surface area contributed by atoms with Crippen LogP contribution in [0, 0.1) is 5.92 Å². The number of nitrogens with one attached hydrogen (secondary N) is 1. The van der Waals surface area contributed by atoms with Crippen molar-refractivity contribution in [2.75, 3.05) is 18.4 Å². The predicted molar refractivity (Wildman–Crippen MR) is 119 cm³/mol. The van der Waals surface area contributed by atoms with Gasteiger partial charge in [-0.3, -0.25) is 9.48 Å². The average Bonchev–Trinajstić information content (AvgIpc) is 3.29. The van der Waals surface area contributed by atoms with Crippen molar-refractivity contribution in [1.29, 1.82) is 0 Å². The first kappa shape index (κ1) is 21.5. The van der Waals surface area contributed by atoms with Gasteiger partial charge in [-0.25, -0.2) is 8.42 Å². The molecule has 0 bridgehead atoms. The maximum atomic E-state index is 12.9. The molecule has 3 aromatic rings. The number of anilines is 1. The molecular weight excluding hydrogens is 436 g/mol. The second-order valence-electron chi connectivity index (χ2n) is 7.48. The number of benzene rings is 2. The summed E-state index contributed by atoms with van der Waals surface area (Å²) < 4.78 is 28.9. The van der Waals surface area contributed by atoms with Crippen LogP contribution in [0.3, 0.4) is 0 Å². The summed E-state index contributed by atoms with van der Waals surface area (Å²) in [6.07, 6.45) is 4.53. The molecular formula is C22H23ClN4O3S. The molecule has 0 saturated carbocycles. The van der Waals surface area contributed by atoms with Gasteiger partial charge in [-0.15, -0.1) is 0 Å². The number of halogens is 1. The first-order chi connectivity index (χ1) is 14.9. The molecule has 1 saturated heterocycles. The molecule has 1 fully saturated rings. The summed E-state index contributed by atoms with van der Waals surface area (Å²) in [7, 11) is -3.59. The highest BCUT2D eigenvalue weighted by molar-refractivity contribution is 7.89. The number of nitrogens with zero attached hydrogens (tertiary/aromatic N) is 3. The largest absolute Gasteiger partial charge is 0.326 e. The van der Waals surface area contributed by atoms with E-state index in [9.17, 15) is 13.2 Å². The van der Waals surface area contributed by atoms with E-state index in [0.717, 1.165) is 11.3 Å². The van der Waals surface area contributed by atoms with Crippen LogP contribution in [-0.4, -0.2) is 41.5 Å². The molecule has 0 atom stereocenters. The average molecular weight is 459 g/mol. The first-order valence-corrected chi connectivity index (χ1v) is 11.9. The highest BCUT2D eigenvalue weighted by Crippen LogP contribution is 2.26. The smallest absolute Gasteiger partial charge is 0.243 e. The zero-order chi connectivity index (χ0) is 21.8. The summed E-state index contributed by atoms with van der Waals surface area (Å²) in [6, 6.07) is 15.6. The van der Waals surface area contributed by atoms with Gasteiger partial charge in [-0.1, -0.05) is 29.8 Å². The van der Waals surface area contributed by atoms with Gasteiger partial charge < -0.3 is 5.32 Å². The lowest BCUT2D eigenvalue weighted by Gasteiger charge is -2.30. The van der Waals surface area contributed by atoms with Gasteiger partial charge in [0.05, 0.1) is 11.4 Å². The molecule has 1 aromatic heterocycles. The number of carbonyl (C=O) groups is 1. The molecule has 0 radical (unpaired) electrons. The number of amides is 1. The number of rotatable bonds is 6. The Hall–Kier alpha value is -2.68. The SMILES string of the molecule is O=C(Nc1ccccc1Cn1cccn1)C1CCN(S(=O)(=O)c2ccc(Cl)cc2)CC1. The number of aromatic nitrogens is 2. The molecule has 31 heavy (non-hydrogen) atoms. The molecule has 4 rings (SSSR count). The fourth-order valence-electron chi connectivity index (χ4n) is 3.70. The number of hydrogen-bond donors (Lipinski definition) is 1. The van der Waals surface area contributed by atoms with E-state index in [-0.39, 0.29) is 16.7 Å². The Morgan fingerprint density at radius 2 is 1.77 bits per heavy atom. The highest BCUT2D eigenvalue weighted by atomic mass is 35.5. The van der Waals surface area contributed by atoms with Gasteiger partial charge in [0, 0.05) is 42.1 Å². The van der Waals surface area contributed by atoms with Crippen LogP contribution < -0.4 is 5.32 Å². The lowest BCUT2D eigenvalue weighted by atomic mass is 9.97. The van der Waals surface area contributed by atoms with Crippen molar-refractivity contribution in [3.63, 3.8) is 0 Å². The summed E-state index contributed by atoms with van der Waals surface area (Å²) in [4.78, 5) is 13.1. The van der Waals surface area contributed by atoms with Gasteiger partial charge in [0.15, 0.2) is 0 Å². The van der Waals surface area contributed by atoms with Gasteiger partial charge in [0.1, 0.15) is 0 Å². The number of sulfonamides is 1. The second kappa shape index (κ2) is 9.21. The van der Waals surface area contributed by atoms with E-state index in [4.69, 9.17) is 11.6 Å². The lowest BCUT2D eigenvalue weighted by molar-refractivity contribution is -0.120. The minimum atomic E-state index is -3.59. The van der Waals surface area contributed by atoms with Crippen LogP contribution in [0.2, 0.25) is 5.02 Å². The standard InChI is InChI=1S/C22H23ClN4O3S/c23-19-6-8-20(9-7-19)31(29,30)27-14-10-17(11-15-27)22(28)25-21-5-2-1-4-18(21)16-26-13-3-12-24-26/h1-9,12-13,17H,10-11,14-16H2,(H,25,28). The zero-order valence-corrected chi connectivity index (χ0v) is 18.4. The van der Waals surface area contributed by atoms with Crippen LogP contribution in [0.25, 0.3) is 0 Å². The summed E-state index contributed by atoms with van der Waals surface area (Å²) in [5, 5.41) is 7.73. The monoisotopic (exact) mass is 458 g/mol. The highest BCUT2D eigenvalue weighted by Gasteiger charge is 2.32. The molecule has 1 aliphatic heterocycles. The summed E-state index contributed by atoms with van der Waals surface area (Å²) in [5.74, 6) is -0.328. The number of piperidine rings is 1. The quantitative estimate of drug-likeness (QED) is 0.611. The van der Waals surface area contributed by atoms with Crippen molar-refractivity contribution in [2.45, 2.75) is 24.3 Å². The Labute approximate surface area is 186 Å². The van der Waals surface area contributed by atoms with Crippen molar-refractivity contribution in [1.82, 2.24) is 14.1 Å². The Morgan fingerprint density at radius 1 is 1.06 bits per heavy atom.